The lowest BCUT2D eigenvalue weighted by Gasteiger charge is -2.34. The zero-order valence-electron chi connectivity index (χ0n) is 18.0. The molecule has 1 aliphatic rings. The van der Waals surface area contributed by atoms with Crippen molar-refractivity contribution < 1.29 is 18.8 Å². The number of carbonyl (C=O) groups is 3. The van der Waals surface area contributed by atoms with Crippen molar-refractivity contribution in [2.45, 2.75) is 0 Å². The third-order valence-corrected chi connectivity index (χ3v) is 6.02. The van der Waals surface area contributed by atoms with Gasteiger partial charge < -0.3 is 24.9 Å². The molecular formula is C24H20ClN5O4. The minimum absolute atomic E-state index is 0.111. The van der Waals surface area contributed by atoms with Crippen molar-refractivity contribution in [3.05, 3.63) is 76.7 Å². The van der Waals surface area contributed by atoms with Crippen molar-refractivity contribution in [3.63, 3.8) is 0 Å². The third kappa shape index (κ3) is 4.01. The largest absolute Gasteiger partial charge is 0.440 e. The predicted molar refractivity (Wildman–Crippen MR) is 126 cm³/mol. The van der Waals surface area contributed by atoms with Gasteiger partial charge in [-0.1, -0.05) is 18.2 Å². The summed E-state index contributed by atoms with van der Waals surface area (Å²) in [5.74, 6) is -0.130. The van der Waals surface area contributed by atoms with Crippen molar-refractivity contribution in [1.29, 1.82) is 0 Å². The lowest BCUT2D eigenvalue weighted by molar-refractivity contribution is 0.0518. The van der Waals surface area contributed by atoms with E-state index in [1.807, 2.05) is 6.07 Å². The molecule has 0 aliphatic carbocycles. The van der Waals surface area contributed by atoms with E-state index in [-0.39, 0.29) is 22.8 Å². The third-order valence-electron chi connectivity index (χ3n) is 5.82. The van der Waals surface area contributed by atoms with Crippen molar-refractivity contribution in [1.82, 2.24) is 19.8 Å². The number of hydrogen-bond donors (Lipinski definition) is 2. The number of aromatic nitrogens is 2. The predicted octanol–water partition coefficient (Wildman–Crippen LogP) is 3.17. The SMILES string of the molecule is NC(=O)c1cccc2[nH]c(-c3ccc(C(=O)N4CCN(C(=O)c5ccc(Cl)o5)CC4)cc3)nc12. The summed E-state index contributed by atoms with van der Waals surface area (Å²) in [6.45, 7) is 1.64. The van der Waals surface area contributed by atoms with Crippen LogP contribution in [-0.2, 0) is 0 Å². The van der Waals surface area contributed by atoms with E-state index in [1.165, 1.54) is 6.07 Å². The second kappa shape index (κ2) is 8.68. The quantitative estimate of drug-likeness (QED) is 0.467. The molecule has 0 unspecified atom stereocenters. The highest BCUT2D eigenvalue weighted by molar-refractivity contribution is 6.29. The van der Waals surface area contributed by atoms with Crippen molar-refractivity contribution in [2.24, 2.45) is 5.73 Å². The van der Waals surface area contributed by atoms with Crippen LogP contribution in [0.2, 0.25) is 5.22 Å². The number of aromatic amines is 1. The number of benzene rings is 2. The van der Waals surface area contributed by atoms with Gasteiger partial charge in [0.15, 0.2) is 11.0 Å². The molecule has 0 radical (unpaired) electrons. The first-order chi connectivity index (χ1) is 16.4. The molecule has 34 heavy (non-hydrogen) atoms. The number of primary amides is 1. The number of halogens is 1. The first-order valence-corrected chi connectivity index (χ1v) is 11.0. The number of hydrogen-bond acceptors (Lipinski definition) is 5. The van der Waals surface area contributed by atoms with Crippen molar-refractivity contribution >= 4 is 40.4 Å². The van der Waals surface area contributed by atoms with Crippen LogP contribution in [0.1, 0.15) is 31.3 Å². The van der Waals surface area contributed by atoms with E-state index in [0.29, 0.717) is 54.2 Å². The Morgan fingerprint density at radius 2 is 1.59 bits per heavy atom. The molecular weight excluding hydrogens is 458 g/mol. The molecule has 0 spiro atoms. The van der Waals surface area contributed by atoms with E-state index in [2.05, 4.69) is 9.97 Å². The van der Waals surface area contributed by atoms with Gasteiger partial charge in [-0.05, 0) is 48.0 Å². The topological polar surface area (TPSA) is 126 Å². The molecule has 10 heteroatoms. The Bertz CT molecular complexity index is 1400. The monoisotopic (exact) mass is 477 g/mol. The average molecular weight is 478 g/mol. The number of carbonyl (C=O) groups excluding carboxylic acids is 3. The minimum atomic E-state index is -0.542. The molecule has 172 valence electrons. The zero-order chi connectivity index (χ0) is 23.8. The van der Waals surface area contributed by atoms with Gasteiger partial charge in [-0.2, -0.15) is 0 Å². The maximum absolute atomic E-state index is 13.0. The maximum Gasteiger partial charge on any atom is 0.289 e. The van der Waals surface area contributed by atoms with Gasteiger partial charge in [-0.3, -0.25) is 14.4 Å². The van der Waals surface area contributed by atoms with E-state index in [1.54, 1.807) is 52.3 Å². The van der Waals surface area contributed by atoms with Crippen molar-refractivity contribution in [3.8, 4) is 11.4 Å². The Hall–Kier alpha value is -4.11. The Labute approximate surface area is 199 Å². The molecule has 5 rings (SSSR count). The Morgan fingerprint density at radius 1 is 0.912 bits per heavy atom. The normalized spacial score (nSPS) is 13.9. The zero-order valence-corrected chi connectivity index (χ0v) is 18.7. The molecule has 3 N–H and O–H groups in total. The Kier molecular flexibility index (Phi) is 5.54. The summed E-state index contributed by atoms with van der Waals surface area (Å²) in [5.41, 5.74) is 8.31. The van der Waals surface area contributed by atoms with Gasteiger partial charge >= 0.3 is 0 Å². The highest BCUT2D eigenvalue weighted by Gasteiger charge is 2.27. The summed E-state index contributed by atoms with van der Waals surface area (Å²) < 4.78 is 5.19. The summed E-state index contributed by atoms with van der Waals surface area (Å²) in [7, 11) is 0. The molecule has 4 aromatic rings. The van der Waals surface area contributed by atoms with Crippen LogP contribution in [0.25, 0.3) is 22.4 Å². The van der Waals surface area contributed by atoms with Crippen LogP contribution >= 0.6 is 11.6 Å². The van der Waals surface area contributed by atoms with Crippen LogP contribution in [0.5, 0.6) is 0 Å². The van der Waals surface area contributed by atoms with Crippen LogP contribution in [0.3, 0.4) is 0 Å². The van der Waals surface area contributed by atoms with Crippen LogP contribution in [0, 0.1) is 0 Å². The standard InChI is InChI=1S/C24H20ClN5O4/c25-19-9-8-18(34-19)24(33)30-12-10-29(11-13-30)23(32)15-6-4-14(5-7-15)22-27-17-3-1-2-16(21(26)31)20(17)28-22/h1-9H,10-13H2,(H2,26,31)(H,27,28). The molecule has 1 saturated heterocycles. The van der Waals surface area contributed by atoms with Crippen LogP contribution < -0.4 is 5.73 Å². The van der Waals surface area contributed by atoms with Gasteiger partial charge in [-0.25, -0.2) is 4.98 Å². The molecule has 9 nitrogen and oxygen atoms in total. The number of fused-ring (bicyclic) bond motifs is 1. The molecule has 0 bridgehead atoms. The fourth-order valence-electron chi connectivity index (χ4n) is 4.02. The van der Waals surface area contributed by atoms with E-state index >= 15 is 0 Å². The maximum atomic E-state index is 13.0. The van der Waals surface area contributed by atoms with Crippen LogP contribution in [0.15, 0.2) is 59.0 Å². The number of nitrogens with one attached hydrogen (secondary N) is 1. The van der Waals surface area contributed by atoms with E-state index in [9.17, 15) is 14.4 Å². The lowest BCUT2D eigenvalue weighted by Crippen LogP contribution is -2.50. The highest BCUT2D eigenvalue weighted by atomic mass is 35.5. The molecule has 0 atom stereocenters. The molecule has 3 amide bonds. The molecule has 1 aliphatic heterocycles. The molecule has 1 fully saturated rings. The molecule has 3 heterocycles. The van der Waals surface area contributed by atoms with E-state index < -0.39 is 5.91 Å². The van der Waals surface area contributed by atoms with Gasteiger partial charge in [0.2, 0.25) is 0 Å². The number of H-pyrrole nitrogens is 1. The highest BCUT2D eigenvalue weighted by Crippen LogP contribution is 2.24. The molecule has 0 saturated carbocycles. The second-order valence-corrected chi connectivity index (χ2v) is 8.29. The fraction of sp³-hybridized carbons (Fsp3) is 0.167. The summed E-state index contributed by atoms with van der Waals surface area (Å²) in [4.78, 5) is 48.2. The van der Waals surface area contributed by atoms with Gasteiger partial charge in [0, 0.05) is 37.3 Å². The van der Waals surface area contributed by atoms with E-state index in [0.717, 1.165) is 5.56 Å². The van der Waals surface area contributed by atoms with Gasteiger partial charge in [0.25, 0.3) is 17.7 Å². The van der Waals surface area contributed by atoms with Gasteiger partial charge in [0.1, 0.15) is 11.3 Å². The summed E-state index contributed by atoms with van der Waals surface area (Å²) >= 11 is 5.75. The number of rotatable bonds is 4. The minimum Gasteiger partial charge on any atom is -0.440 e. The van der Waals surface area contributed by atoms with Crippen LogP contribution in [0.4, 0.5) is 0 Å². The first kappa shape index (κ1) is 21.7. The average Bonchev–Trinajstić information content (AvgIpc) is 3.49. The van der Waals surface area contributed by atoms with Crippen molar-refractivity contribution in [2.75, 3.05) is 26.2 Å². The first-order valence-electron chi connectivity index (χ1n) is 10.6. The molecule has 2 aromatic heterocycles. The van der Waals surface area contributed by atoms with E-state index in [4.69, 9.17) is 21.8 Å². The van der Waals surface area contributed by atoms with Crippen LogP contribution in [-0.4, -0.2) is 63.7 Å². The fourth-order valence-corrected chi connectivity index (χ4v) is 4.16. The second-order valence-electron chi connectivity index (χ2n) is 7.92. The smallest absolute Gasteiger partial charge is 0.289 e. The number of furan rings is 1. The molecule has 2 aromatic carbocycles. The number of piperazine rings is 1. The number of imidazole rings is 1. The Balaban J connectivity index is 1.26. The lowest BCUT2D eigenvalue weighted by atomic mass is 10.1. The summed E-state index contributed by atoms with van der Waals surface area (Å²) in [6.07, 6.45) is 0. The van der Waals surface area contributed by atoms with Gasteiger partial charge in [0.05, 0.1) is 11.1 Å². The number of amides is 3. The summed E-state index contributed by atoms with van der Waals surface area (Å²) in [6, 6.07) is 15.3. The number of para-hydroxylation sites is 1. The Morgan fingerprint density at radius 3 is 2.21 bits per heavy atom. The summed E-state index contributed by atoms with van der Waals surface area (Å²) in [5, 5.41) is 0.163. The number of nitrogens with two attached hydrogens (primary N) is 1. The van der Waals surface area contributed by atoms with Gasteiger partial charge in [-0.15, -0.1) is 0 Å². The number of nitrogens with zero attached hydrogens (tertiary/aromatic N) is 3.